The van der Waals surface area contributed by atoms with E-state index in [-0.39, 0.29) is 0 Å². The Balaban J connectivity index is 2.32. The van der Waals surface area contributed by atoms with Crippen LogP contribution in [0.25, 0.3) is 4.96 Å². The Kier molecular flexibility index (Phi) is 3.33. The molecule has 1 N–H and O–H groups in total. The first kappa shape index (κ1) is 11.0. The van der Waals surface area contributed by atoms with Gasteiger partial charge in [-0.2, -0.15) is 0 Å². The van der Waals surface area contributed by atoms with Crippen molar-refractivity contribution in [3.05, 3.63) is 17.3 Å². The number of hydrogen-bond acceptors (Lipinski definition) is 4. The van der Waals surface area contributed by atoms with Crippen LogP contribution in [0.3, 0.4) is 0 Å². The predicted molar refractivity (Wildman–Crippen MR) is 66.8 cm³/mol. The van der Waals surface area contributed by atoms with Gasteiger partial charge in [-0.25, -0.2) is 4.98 Å². The molecule has 82 valence electrons. The van der Waals surface area contributed by atoms with Crippen LogP contribution in [-0.4, -0.2) is 21.7 Å². The minimum atomic E-state index is 0.504. The van der Waals surface area contributed by atoms with Crippen molar-refractivity contribution in [1.82, 2.24) is 14.7 Å². The first-order valence-corrected chi connectivity index (χ1v) is 7.04. The molecule has 0 bridgehead atoms. The van der Waals surface area contributed by atoms with Gasteiger partial charge < -0.3 is 5.32 Å². The fourth-order valence-corrected chi connectivity index (χ4v) is 2.81. The van der Waals surface area contributed by atoms with E-state index >= 15 is 0 Å². The fraction of sp³-hybridized carbons (Fsp3) is 0.500. The topological polar surface area (TPSA) is 29.3 Å². The molecule has 0 aromatic carbocycles. The monoisotopic (exact) mass is 241 g/mol. The van der Waals surface area contributed by atoms with E-state index in [1.165, 1.54) is 5.69 Å². The van der Waals surface area contributed by atoms with Gasteiger partial charge in [-0.3, -0.25) is 4.40 Å². The summed E-state index contributed by atoms with van der Waals surface area (Å²) in [4.78, 5) is 5.66. The van der Waals surface area contributed by atoms with Gasteiger partial charge in [0.05, 0.1) is 5.69 Å². The molecule has 0 atom stereocenters. The average molecular weight is 241 g/mol. The molecule has 0 saturated carbocycles. The van der Waals surface area contributed by atoms with E-state index in [1.54, 1.807) is 23.1 Å². The summed E-state index contributed by atoms with van der Waals surface area (Å²) in [6.07, 6.45) is 4.16. The molecule has 5 heteroatoms. The number of aromatic nitrogens is 2. The van der Waals surface area contributed by atoms with Crippen LogP contribution in [0.15, 0.2) is 16.6 Å². The summed E-state index contributed by atoms with van der Waals surface area (Å²) >= 11 is 3.39. The molecule has 0 amide bonds. The lowest BCUT2D eigenvalue weighted by Gasteiger charge is -2.08. The van der Waals surface area contributed by atoms with Crippen molar-refractivity contribution in [3.63, 3.8) is 0 Å². The van der Waals surface area contributed by atoms with Crippen molar-refractivity contribution in [3.8, 4) is 0 Å². The highest BCUT2D eigenvalue weighted by Crippen LogP contribution is 2.23. The average Bonchev–Trinajstić information content (AvgIpc) is 2.73. The largest absolute Gasteiger partial charge is 0.309 e. The summed E-state index contributed by atoms with van der Waals surface area (Å²) in [7, 11) is 0. The van der Waals surface area contributed by atoms with Gasteiger partial charge >= 0.3 is 0 Å². The van der Waals surface area contributed by atoms with Crippen molar-refractivity contribution in [1.29, 1.82) is 0 Å². The van der Waals surface area contributed by atoms with Gasteiger partial charge in [0.15, 0.2) is 4.96 Å². The third kappa shape index (κ3) is 2.19. The van der Waals surface area contributed by atoms with E-state index in [2.05, 4.69) is 46.4 Å². The number of rotatable bonds is 4. The number of nitrogens with zero attached hydrogens (tertiary/aromatic N) is 2. The molecule has 2 rings (SSSR count). The number of thiazole rings is 1. The van der Waals surface area contributed by atoms with Gasteiger partial charge in [0.2, 0.25) is 0 Å². The van der Waals surface area contributed by atoms with Crippen molar-refractivity contribution < 1.29 is 0 Å². The lowest BCUT2D eigenvalue weighted by molar-refractivity contribution is 0.574. The number of fused-ring (bicyclic) bond motifs is 1. The summed E-state index contributed by atoms with van der Waals surface area (Å²) in [5.41, 5.74) is 1.27. The Morgan fingerprint density at radius 2 is 2.40 bits per heavy atom. The summed E-state index contributed by atoms with van der Waals surface area (Å²) in [5.74, 6) is 0. The Morgan fingerprint density at radius 3 is 3.07 bits per heavy atom. The second-order valence-corrected chi connectivity index (χ2v) is 5.33. The zero-order valence-electron chi connectivity index (χ0n) is 9.15. The molecule has 15 heavy (non-hydrogen) atoms. The summed E-state index contributed by atoms with van der Waals surface area (Å²) in [6.45, 7) is 5.20. The van der Waals surface area contributed by atoms with Gasteiger partial charge in [0, 0.05) is 24.2 Å². The molecule has 0 aliphatic heterocycles. The van der Waals surface area contributed by atoms with Crippen LogP contribution in [0.4, 0.5) is 0 Å². The van der Waals surface area contributed by atoms with Crippen molar-refractivity contribution >= 4 is 28.1 Å². The molecule has 0 radical (unpaired) electrons. The Labute approximate surface area is 97.9 Å². The Hall–Kier alpha value is -0.520. The van der Waals surface area contributed by atoms with E-state index in [1.807, 2.05) is 0 Å². The molecule has 0 aliphatic rings. The van der Waals surface area contributed by atoms with Crippen LogP contribution < -0.4 is 5.32 Å². The van der Waals surface area contributed by atoms with E-state index in [0.29, 0.717) is 6.04 Å². The highest BCUT2D eigenvalue weighted by Gasteiger charge is 2.11. The quantitative estimate of drug-likeness (QED) is 0.834. The minimum Gasteiger partial charge on any atom is -0.309 e. The van der Waals surface area contributed by atoms with Crippen LogP contribution in [0, 0.1) is 0 Å². The van der Waals surface area contributed by atoms with Crippen LogP contribution in [-0.2, 0) is 6.54 Å². The van der Waals surface area contributed by atoms with Gasteiger partial charge in [-0.15, -0.1) is 23.1 Å². The second-order valence-electron chi connectivity index (χ2n) is 3.66. The van der Waals surface area contributed by atoms with E-state index in [9.17, 15) is 0 Å². The molecule has 0 saturated heterocycles. The van der Waals surface area contributed by atoms with Gasteiger partial charge in [0.1, 0.15) is 5.03 Å². The van der Waals surface area contributed by atoms with Crippen molar-refractivity contribution in [2.24, 2.45) is 0 Å². The number of imidazole rings is 1. The first-order valence-electron chi connectivity index (χ1n) is 4.94. The summed E-state index contributed by atoms with van der Waals surface area (Å²) in [6, 6.07) is 0.504. The molecule has 0 aliphatic carbocycles. The normalized spacial score (nSPS) is 11.7. The molecule has 0 spiro atoms. The standard InChI is InChI=1S/C10H15N3S2/c1-7(2)11-6-8-9(14-3)12-10-13(8)4-5-15-10/h4-5,7,11H,6H2,1-3H3. The maximum atomic E-state index is 4.57. The maximum absolute atomic E-state index is 4.57. The molecule has 0 fully saturated rings. The zero-order valence-corrected chi connectivity index (χ0v) is 10.8. The number of thioether (sulfide) groups is 1. The van der Waals surface area contributed by atoms with Crippen LogP contribution in [0.1, 0.15) is 19.5 Å². The smallest absolute Gasteiger partial charge is 0.194 e. The number of hydrogen-bond donors (Lipinski definition) is 1. The second kappa shape index (κ2) is 4.55. The van der Waals surface area contributed by atoms with Gasteiger partial charge in [-0.1, -0.05) is 13.8 Å². The molecule has 3 nitrogen and oxygen atoms in total. The third-order valence-electron chi connectivity index (χ3n) is 2.20. The summed E-state index contributed by atoms with van der Waals surface area (Å²) in [5, 5.41) is 6.64. The lowest BCUT2D eigenvalue weighted by Crippen LogP contribution is -2.22. The highest BCUT2D eigenvalue weighted by molar-refractivity contribution is 7.98. The van der Waals surface area contributed by atoms with Crippen LogP contribution >= 0.6 is 23.1 Å². The van der Waals surface area contributed by atoms with E-state index in [0.717, 1.165) is 16.5 Å². The third-order valence-corrected chi connectivity index (χ3v) is 3.67. The van der Waals surface area contributed by atoms with Gasteiger partial charge in [0.25, 0.3) is 0 Å². The minimum absolute atomic E-state index is 0.504. The van der Waals surface area contributed by atoms with E-state index in [4.69, 9.17) is 0 Å². The molecular weight excluding hydrogens is 226 g/mol. The predicted octanol–water partition coefficient (Wildman–Crippen LogP) is 2.62. The summed E-state index contributed by atoms with van der Waals surface area (Å²) < 4.78 is 2.17. The maximum Gasteiger partial charge on any atom is 0.194 e. The number of nitrogens with one attached hydrogen (secondary N) is 1. The molecule has 2 aromatic heterocycles. The fourth-order valence-electron chi connectivity index (χ4n) is 1.44. The van der Waals surface area contributed by atoms with E-state index < -0.39 is 0 Å². The van der Waals surface area contributed by atoms with Crippen molar-refractivity contribution in [2.45, 2.75) is 31.5 Å². The van der Waals surface area contributed by atoms with Crippen LogP contribution in [0.5, 0.6) is 0 Å². The Morgan fingerprint density at radius 1 is 1.60 bits per heavy atom. The molecule has 2 heterocycles. The molecule has 2 aromatic rings. The lowest BCUT2D eigenvalue weighted by atomic mass is 10.3. The molecule has 0 unspecified atom stereocenters. The van der Waals surface area contributed by atoms with Crippen molar-refractivity contribution in [2.75, 3.05) is 6.26 Å². The van der Waals surface area contributed by atoms with Gasteiger partial charge in [-0.05, 0) is 6.26 Å². The SMILES string of the molecule is CSc1nc2sccn2c1CNC(C)C. The van der Waals surface area contributed by atoms with Crippen LogP contribution in [0.2, 0.25) is 0 Å². The first-order chi connectivity index (χ1) is 7.22. The molecular formula is C10H15N3S2. The Bertz CT molecular complexity index is 444. The highest BCUT2D eigenvalue weighted by atomic mass is 32.2. The zero-order chi connectivity index (χ0) is 10.8.